The highest BCUT2D eigenvalue weighted by Crippen LogP contribution is 2.31. The first kappa shape index (κ1) is 15.7. The van der Waals surface area contributed by atoms with Crippen LogP contribution >= 0.6 is 0 Å². The predicted molar refractivity (Wildman–Crippen MR) is 64.3 cm³/mol. The number of ether oxygens (including phenoxy) is 1. The maximum Gasteiger partial charge on any atom is 0.401 e. The zero-order valence-corrected chi connectivity index (χ0v) is 10.9. The molecule has 2 N–H and O–H groups in total. The highest BCUT2D eigenvalue weighted by atomic mass is 19.4. The van der Waals surface area contributed by atoms with Gasteiger partial charge in [0.2, 0.25) is 0 Å². The van der Waals surface area contributed by atoms with Gasteiger partial charge in [0.15, 0.2) is 0 Å². The Morgan fingerprint density at radius 2 is 1.89 bits per heavy atom. The van der Waals surface area contributed by atoms with Gasteiger partial charge < -0.3 is 10.5 Å². The highest BCUT2D eigenvalue weighted by Gasteiger charge is 2.37. The first-order valence-corrected chi connectivity index (χ1v) is 6.48. The Morgan fingerprint density at radius 1 is 1.28 bits per heavy atom. The van der Waals surface area contributed by atoms with Gasteiger partial charge in [0.1, 0.15) is 0 Å². The highest BCUT2D eigenvalue weighted by molar-refractivity contribution is 4.86. The Labute approximate surface area is 106 Å². The van der Waals surface area contributed by atoms with Gasteiger partial charge in [0, 0.05) is 19.8 Å². The second-order valence-corrected chi connectivity index (χ2v) is 5.14. The molecule has 1 rings (SSSR count). The molecule has 0 saturated carbocycles. The molecule has 0 radical (unpaired) electrons. The van der Waals surface area contributed by atoms with Crippen LogP contribution in [0.25, 0.3) is 0 Å². The van der Waals surface area contributed by atoms with Crippen LogP contribution in [0.2, 0.25) is 0 Å². The molecule has 1 fully saturated rings. The summed E-state index contributed by atoms with van der Waals surface area (Å²) in [6.45, 7) is 3.55. The van der Waals surface area contributed by atoms with Crippen molar-refractivity contribution >= 4 is 0 Å². The number of hydrogen-bond donors (Lipinski definition) is 1. The van der Waals surface area contributed by atoms with Crippen LogP contribution in [0.5, 0.6) is 0 Å². The molecule has 1 aliphatic rings. The third kappa shape index (κ3) is 5.12. The van der Waals surface area contributed by atoms with Crippen molar-refractivity contribution in [1.82, 2.24) is 4.90 Å². The fraction of sp³-hybridized carbons (Fsp3) is 1.00. The van der Waals surface area contributed by atoms with Crippen molar-refractivity contribution in [1.29, 1.82) is 0 Å². The molecule has 6 heteroatoms. The van der Waals surface area contributed by atoms with Gasteiger partial charge in [-0.1, -0.05) is 6.92 Å². The van der Waals surface area contributed by atoms with E-state index in [4.69, 9.17) is 10.5 Å². The van der Waals surface area contributed by atoms with E-state index in [2.05, 4.69) is 0 Å². The summed E-state index contributed by atoms with van der Waals surface area (Å²) >= 11 is 0. The zero-order valence-electron chi connectivity index (χ0n) is 10.9. The largest absolute Gasteiger partial charge is 0.401 e. The third-order valence-electron chi connectivity index (χ3n) is 3.49. The maximum absolute atomic E-state index is 12.5. The summed E-state index contributed by atoms with van der Waals surface area (Å²) in [7, 11) is 0. The lowest BCUT2D eigenvalue weighted by molar-refractivity contribution is -0.151. The van der Waals surface area contributed by atoms with Gasteiger partial charge in [-0.2, -0.15) is 13.2 Å². The lowest BCUT2D eigenvalue weighted by Crippen LogP contribution is -2.48. The van der Waals surface area contributed by atoms with Crippen LogP contribution in [0.3, 0.4) is 0 Å². The molecule has 0 atom stereocenters. The van der Waals surface area contributed by atoms with Gasteiger partial charge in [-0.25, -0.2) is 0 Å². The Kier molecular flexibility index (Phi) is 5.88. The van der Waals surface area contributed by atoms with E-state index in [1.54, 1.807) is 0 Å². The summed E-state index contributed by atoms with van der Waals surface area (Å²) < 4.78 is 42.8. The van der Waals surface area contributed by atoms with Gasteiger partial charge in [-0.05, 0) is 37.8 Å². The number of nitrogens with two attached hydrogens (primary N) is 1. The number of rotatable bonds is 6. The Balaban J connectivity index is 2.62. The molecular formula is C12H23F3N2O. The molecule has 0 aromatic rings. The number of halogens is 3. The summed E-state index contributed by atoms with van der Waals surface area (Å²) in [5, 5.41) is 0. The fourth-order valence-corrected chi connectivity index (χ4v) is 2.49. The molecule has 1 saturated heterocycles. The monoisotopic (exact) mass is 268 g/mol. The minimum atomic E-state index is -4.14. The van der Waals surface area contributed by atoms with Crippen LogP contribution in [0.1, 0.15) is 26.2 Å². The number of alkyl halides is 3. The molecule has 108 valence electrons. The molecule has 0 spiro atoms. The van der Waals surface area contributed by atoms with Crippen LogP contribution in [-0.4, -0.2) is 50.5 Å². The predicted octanol–water partition coefficient (Wildman–Crippen LogP) is 2.02. The quantitative estimate of drug-likeness (QED) is 0.801. The van der Waals surface area contributed by atoms with Crippen LogP contribution in [-0.2, 0) is 4.74 Å². The first-order valence-electron chi connectivity index (χ1n) is 6.48. The average Bonchev–Trinajstić information content (AvgIpc) is 2.28. The van der Waals surface area contributed by atoms with E-state index in [-0.39, 0.29) is 5.41 Å². The van der Waals surface area contributed by atoms with E-state index in [0.29, 0.717) is 39.3 Å². The minimum absolute atomic E-state index is 0.210. The van der Waals surface area contributed by atoms with Crippen molar-refractivity contribution in [3.63, 3.8) is 0 Å². The van der Waals surface area contributed by atoms with Crippen LogP contribution in [0.4, 0.5) is 13.2 Å². The second-order valence-electron chi connectivity index (χ2n) is 5.14. The second kappa shape index (κ2) is 6.73. The number of nitrogens with zero attached hydrogens (tertiary/aromatic N) is 1. The molecule has 1 heterocycles. The van der Waals surface area contributed by atoms with Gasteiger partial charge in [-0.15, -0.1) is 0 Å². The lowest BCUT2D eigenvalue weighted by Gasteiger charge is -2.40. The number of hydrogen-bond acceptors (Lipinski definition) is 3. The van der Waals surface area contributed by atoms with Crippen LogP contribution < -0.4 is 5.73 Å². The van der Waals surface area contributed by atoms with Crippen molar-refractivity contribution in [3.05, 3.63) is 0 Å². The molecule has 0 unspecified atom stereocenters. The summed E-state index contributed by atoms with van der Waals surface area (Å²) in [6, 6.07) is 0. The Bertz CT molecular complexity index is 240. The molecule has 0 aliphatic carbocycles. The molecule has 18 heavy (non-hydrogen) atoms. The molecule has 0 bridgehead atoms. The van der Waals surface area contributed by atoms with E-state index in [1.165, 1.54) is 4.90 Å². The van der Waals surface area contributed by atoms with E-state index in [1.807, 2.05) is 6.92 Å². The minimum Gasteiger partial charge on any atom is -0.381 e. The molecule has 0 amide bonds. The molecular weight excluding hydrogens is 245 g/mol. The van der Waals surface area contributed by atoms with Crippen molar-refractivity contribution in [2.75, 3.05) is 39.4 Å². The topological polar surface area (TPSA) is 38.5 Å². The van der Waals surface area contributed by atoms with E-state index in [9.17, 15) is 13.2 Å². The van der Waals surface area contributed by atoms with E-state index >= 15 is 0 Å². The van der Waals surface area contributed by atoms with Crippen LogP contribution in [0.15, 0.2) is 0 Å². The van der Waals surface area contributed by atoms with Gasteiger partial charge in [0.05, 0.1) is 6.54 Å². The van der Waals surface area contributed by atoms with Gasteiger partial charge in [0.25, 0.3) is 0 Å². The van der Waals surface area contributed by atoms with Crippen molar-refractivity contribution < 1.29 is 17.9 Å². The van der Waals surface area contributed by atoms with E-state index < -0.39 is 12.7 Å². The van der Waals surface area contributed by atoms with Crippen LogP contribution in [0, 0.1) is 5.41 Å². The van der Waals surface area contributed by atoms with Crippen molar-refractivity contribution in [3.8, 4) is 0 Å². The molecule has 3 nitrogen and oxygen atoms in total. The summed E-state index contributed by atoms with van der Waals surface area (Å²) in [6.07, 6.45) is -1.92. The average molecular weight is 268 g/mol. The molecule has 0 aromatic carbocycles. The molecule has 1 aliphatic heterocycles. The smallest absolute Gasteiger partial charge is 0.381 e. The first-order chi connectivity index (χ1) is 8.41. The van der Waals surface area contributed by atoms with E-state index in [0.717, 1.165) is 12.8 Å². The summed E-state index contributed by atoms with van der Waals surface area (Å²) in [4.78, 5) is 1.48. The Morgan fingerprint density at radius 3 is 2.33 bits per heavy atom. The van der Waals surface area contributed by atoms with Gasteiger partial charge >= 0.3 is 6.18 Å². The van der Waals surface area contributed by atoms with Crippen molar-refractivity contribution in [2.24, 2.45) is 11.1 Å². The molecule has 0 aromatic heterocycles. The maximum atomic E-state index is 12.5. The van der Waals surface area contributed by atoms with Gasteiger partial charge in [-0.3, -0.25) is 4.90 Å². The summed E-state index contributed by atoms with van der Waals surface area (Å²) in [5.41, 5.74) is 5.57. The lowest BCUT2D eigenvalue weighted by atomic mass is 9.79. The van der Waals surface area contributed by atoms with Crippen molar-refractivity contribution in [2.45, 2.75) is 32.4 Å². The third-order valence-corrected chi connectivity index (χ3v) is 3.49. The zero-order chi connectivity index (χ0) is 13.6. The summed E-state index contributed by atoms with van der Waals surface area (Å²) in [5.74, 6) is 0. The fourth-order valence-electron chi connectivity index (χ4n) is 2.49. The Hall–Kier alpha value is -0.330. The normalized spacial score (nSPS) is 20.3. The standard InChI is InChI=1S/C12H23F3N2O/c1-2-5-17(10-12(13,14)15)9-11(8-16)3-6-18-7-4-11/h2-10,16H2,1H3. The SMILES string of the molecule is CCCN(CC(F)(F)F)CC1(CN)CCOCC1.